The Kier molecular flexibility index (Phi) is 3.42. The monoisotopic (exact) mass is 319 g/mol. The molecule has 1 amide bonds. The van der Waals surface area contributed by atoms with E-state index in [4.69, 9.17) is 4.42 Å². The van der Waals surface area contributed by atoms with Crippen LogP contribution in [0.3, 0.4) is 0 Å². The predicted octanol–water partition coefficient (Wildman–Crippen LogP) is 3.36. The van der Waals surface area contributed by atoms with Crippen LogP contribution >= 0.6 is 15.9 Å². The maximum atomic E-state index is 12.1. The number of nitrogens with zero attached hydrogens (tertiary/aromatic N) is 1. The highest BCUT2D eigenvalue weighted by molar-refractivity contribution is 9.09. The molecule has 4 heteroatoms. The quantitative estimate of drug-likeness (QED) is 0.813. The molecule has 0 N–H and O–H groups in total. The molecule has 1 aromatic heterocycles. The first kappa shape index (κ1) is 12.5. The maximum Gasteiger partial charge on any atom is 0.224 e. The van der Waals surface area contributed by atoms with Crippen molar-refractivity contribution < 1.29 is 9.21 Å². The molecule has 2 aromatic rings. The predicted molar refractivity (Wildman–Crippen MR) is 76.0 cm³/mol. The van der Waals surface area contributed by atoms with E-state index in [9.17, 15) is 4.79 Å². The van der Waals surface area contributed by atoms with Gasteiger partial charge in [0, 0.05) is 17.8 Å². The minimum Gasteiger partial charge on any atom is -0.467 e. The lowest BCUT2D eigenvalue weighted by molar-refractivity contribution is -0.129. The Morgan fingerprint density at radius 3 is 2.58 bits per heavy atom. The molecule has 3 nitrogen and oxygen atoms in total. The van der Waals surface area contributed by atoms with Crippen molar-refractivity contribution in [3.8, 4) is 0 Å². The number of likely N-dealkylation sites (tertiary alicyclic amines) is 1. The lowest BCUT2D eigenvalue weighted by Crippen LogP contribution is -2.31. The van der Waals surface area contributed by atoms with Gasteiger partial charge in [0.15, 0.2) is 0 Å². The van der Waals surface area contributed by atoms with Gasteiger partial charge in [-0.25, -0.2) is 0 Å². The second-order valence-electron chi connectivity index (χ2n) is 4.68. The van der Waals surface area contributed by atoms with Crippen LogP contribution in [0.1, 0.15) is 23.8 Å². The van der Waals surface area contributed by atoms with Crippen molar-refractivity contribution in [1.82, 2.24) is 4.90 Å². The van der Waals surface area contributed by atoms with E-state index in [-0.39, 0.29) is 16.8 Å². The topological polar surface area (TPSA) is 33.5 Å². The van der Waals surface area contributed by atoms with Crippen LogP contribution in [0.2, 0.25) is 0 Å². The highest BCUT2D eigenvalue weighted by Crippen LogP contribution is 2.33. The number of alkyl halides is 1. The minimum absolute atomic E-state index is 0.133. The molecular weight excluding hydrogens is 306 g/mol. The SMILES string of the molecule is O=C1CC(Br)CN1C(c1ccccc1)c1ccco1. The average Bonchev–Trinajstić information content (AvgIpc) is 3.03. The molecule has 98 valence electrons. The summed E-state index contributed by atoms with van der Waals surface area (Å²) in [6.07, 6.45) is 2.20. The van der Waals surface area contributed by atoms with Crippen molar-refractivity contribution in [1.29, 1.82) is 0 Å². The summed E-state index contributed by atoms with van der Waals surface area (Å²) >= 11 is 3.53. The molecule has 2 heterocycles. The number of carbonyl (C=O) groups is 1. The van der Waals surface area contributed by atoms with Crippen LogP contribution in [-0.4, -0.2) is 22.2 Å². The molecule has 0 saturated carbocycles. The Labute approximate surface area is 120 Å². The Morgan fingerprint density at radius 2 is 2.00 bits per heavy atom. The van der Waals surface area contributed by atoms with Gasteiger partial charge in [0.2, 0.25) is 5.91 Å². The van der Waals surface area contributed by atoms with Crippen LogP contribution in [0.15, 0.2) is 53.1 Å². The standard InChI is InChI=1S/C15H14BrNO2/c16-12-9-14(18)17(10-12)15(13-7-4-8-19-13)11-5-2-1-3-6-11/h1-8,12,15H,9-10H2. The van der Waals surface area contributed by atoms with E-state index in [1.807, 2.05) is 47.4 Å². The smallest absolute Gasteiger partial charge is 0.224 e. The summed E-state index contributed by atoms with van der Waals surface area (Å²) in [7, 11) is 0. The zero-order chi connectivity index (χ0) is 13.2. The summed E-state index contributed by atoms with van der Waals surface area (Å²) in [4.78, 5) is 14.3. The van der Waals surface area contributed by atoms with E-state index < -0.39 is 0 Å². The third-order valence-corrected chi connectivity index (χ3v) is 3.96. The van der Waals surface area contributed by atoms with Gasteiger partial charge in [-0.1, -0.05) is 46.3 Å². The van der Waals surface area contributed by atoms with E-state index in [1.54, 1.807) is 6.26 Å². The first-order valence-corrected chi connectivity index (χ1v) is 7.19. The van der Waals surface area contributed by atoms with Crippen molar-refractivity contribution in [2.75, 3.05) is 6.54 Å². The molecule has 0 radical (unpaired) electrons. The van der Waals surface area contributed by atoms with E-state index in [0.29, 0.717) is 13.0 Å². The van der Waals surface area contributed by atoms with Crippen molar-refractivity contribution >= 4 is 21.8 Å². The summed E-state index contributed by atoms with van der Waals surface area (Å²) < 4.78 is 5.54. The number of hydrogen-bond acceptors (Lipinski definition) is 2. The second kappa shape index (κ2) is 5.21. The van der Waals surface area contributed by atoms with Gasteiger partial charge >= 0.3 is 0 Å². The van der Waals surface area contributed by atoms with Crippen molar-refractivity contribution in [3.05, 3.63) is 60.1 Å². The van der Waals surface area contributed by atoms with Crippen LogP contribution in [0.5, 0.6) is 0 Å². The molecule has 2 atom stereocenters. The van der Waals surface area contributed by atoms with Crippen LogP contribution < -0.4 is 0 Å². The minimum atomic E-state index is -0.133. The van der Waals surface area contributed by atoms with Gasteiger partial charge in [-0.2, -0.15) is 0 Å². The molecule has 0 aliphatic carbocycles. The van der Waals surface area contributed by atoms with E-state index in [0.717, 1.165) is 11.3 Å². The first-order valence-electron chi connectivity index (χ1n) is 6.27. The summed E-state index contributed by atoms with van der Waals surface area (Å²) in [6.45, 7) is 0.707. The molecular formula is C15H14BrNO2. The number of hydrogen-bond donors (Lipinski definition) is 0. The highest BCUT2D eigenvalue weighted by atomic mass is 79.9. The van der Waals surface area contributed by atoms with Gasteiger partial charge in [-0.3, -0.25) is 4.79 Å². The van der Waals surface area contributed by atoms with Crippen LogP contribution in [0.25, 0.3) is 0 Å². The van der Waals surface area contributed by atoms with Crippen LogP contribution in [0.4, 0.5) is 0 Å². The number of rotatable bonds is 3. The number of furan rings is 1. The van der Waals surface area contributed by atoms with Crippen molar-refractivity contribution in [2.24, 2.45) is 0 Å². The van der Waals surface area contributed by atoms with Gasteiger partial charge in [0.25, 0.3) is 0 Å². The highest BCUT2D eigenvalue weighted by Gasteiger charge is 2.35. The summed E-state index contributed by atoms with van der Waals surface area (Å²) in [5, 5.41) is 0. The fourth-order valence-corrected chi connectivity index (χ4v) is 3.10. The molecule has 3 rings (SSSR count). The fraction of sp³-hybridized carbons (Fsp3) is 0.267. The zero-order valence-corrected chi connectivity index (χ0v) is 11.9. The number of amides is 1. The van der Waals surface area contributed by atoms with Gasteiger partial charge in [0.05, 0.1) is 6.26 Å². The Hall–Kier alpha value is -1.55. The van der Waals surface area contributed by atoms with E-state index >= 15 is 0 Å². The summed E-state index contributed by atoms with van der Waals surface area (Å²) in [5.41, 5.74) is 1.08. The fourth-order valence-electron chi connectivity index (χ4n) is 2.52. The van der Waals surface area contributed by atoms with E-state index in [2.05, 4.69) is 15.9 Å². The number of carbonyl (C=O) groups excluding carboxylic acids is 1. The average molecular weight is 320 g/mol. The largest absolute Gasteiger partial charge is 0.467 e. The van der Waals surface area contributed by atoms with Crippen LogP contribution in [0, 0.1) is 0 Å². The Morgan fingerprint density at radius 1 is 1.21 bits per heavy atom. The molecule has 1 aliphatic rings. The van der Waals surface area contributed by atoms with Gasteiger partial charge in [-0.05, 0) is 17.7 Å². The lowest BCUT2D eigenvalue weighted by Gasteiger charge is -2.26. The second-order valence-corrected chi connectivity index (χ2v) is 5.97. The molecule has 0 bridgehead atoms. The third-order valence-electron chi connectivity index (χ3n) is 3.35. The zero-order valence-electron chi connectivity index (χ0n) is 10.3. The number of halogens is 1. The molecule has 0 spiro atoms. The molecule has 1 saturated heterocycles. The summed E-state index contributed by atoms with van der Waals surface area (Å²) in [5.74, 6) is 0.966. The normalized spacial score (nSPS) is 20.8. The Balaban J connectivity index is 2.00. The van der Waals surface area contributed by atoms with Gasteiger partial charge < -0.3 is 9.32 Å². The first-order chi connectivity index (χ1) is 9.25. The maximum absolute atomic E-state index is 12.1. The van der Waals surface area contributed by atoms with Gasteiger partial charge in [-0.15, -0.1) is 0 Å². The third kappa shape index (κ3) is 2.45. The van der Waals surface area contributed by atoms with Gasteiger partial charge in [0.1, 0.15) is 11.8 Å². The van der Waals surface area contributed by atoms with Crippen molar-refractivity contribution in [3.63, 3.8) is 0 Å². The Bertz CT molecular complexity index is 553. The van der Waals surface area contributed by atoms with Crippen LogP contribution in [-0.2, 0) is 4.79 Å². The number of benzene rings is 1. The lowest BCUT2D eigenvalue weighted by atomic mass is 10.0. The summed E-state index contributed by atoms with van der Waals surface area (Å²) in [6, 6.07) is 13.6. The molecule has 1 fully saturated rings. The molecule has 19 heavy (non-hydrogen) atoms. The molecule has 2 unspecified atom stereocenters. The van der Waals surface area contributed by atoms with Crippen molar-refractivity contribution in [2.45, 2.75) is 17.3 Å². The molecule has 1 aromatic carbocycles. The van der Waals surface area contributed by atoms with E-state index in [1.165, 1.54) is 0 Å². The molecule has 1 aliphatic heterocycles.